The molecule has 0 unspecified atom stereocenters. The lowest BCUT2D eigenvalue weighted by Crippen LogP contribution is -2.22. The van der Waals surface area contributed by atoms with Crippen molar-refractivity contribution in [2.45, 2.75) is 13.8 Å². The summed E-state index contributed by atoms with van der Waals surface area (Å²) in [5.41, 5.74) is 12.7. The number of rotatable bonds is 5. The molecule has 134 valence electrons. The minimum absolute atomic E-state index is 0.125. The maximum absolute atomic E-state index is 12.4. The van der Waals surface area contributed by atoms with Crippen molar-refractivity contribution in [2.75, 3.05) is 5.32 Å². The van der Waals surface area contributed by atoms with Gasteiger partial charge in [-0.15, -0.1) is 5.10 Å². The molecule has 2 aromatic carbocycles. The van der Waals surface area contributed by atoms with Gasteiger partial charge >= 0.3 is 5.97 Å². The molecule has 0 aliphatic heterocycles. The highest BCUT2D eigenvalue weighted by molar-refractivity contribution is 6.07. The molecular weight excluding hydrogens is 334 g/mol. The fourth-order valence-electron chi connectivity index (χ4n) is 2.08. The number of nitrogens with one attached hydrogen (secondary N) is 1. The Morgan fingerprint density at radius 3 is 2.23 bits per heavy atom. The standard InChI is InChI=1S/C18H19N5O3/c1-11(22-23-18(19)20)13-7-9-14(10-8-13)21-17(25)15-5-3-4-6-16(15)26-12(2)24/h3-10H,1-2H3,(H,21,25)(H4,19,20,23)/b22-11+. The van der Waals surface area contributed by atoms with Gasteiger partial charge in [-0.2, -0.15) is 5.10 Å². The van der Waals surface area contributed by atoms with Crippen LogP contribution in [0.4, 0.5) is 5.69 Å². The Labute approximate surface area is 150 Å². The lowest BCUT2D eigenvalue weighted by atomic mass is 10.1. The third-order valence-electron chi connectivity index (χ3n) is 3.26. The first-order valence-electron chi connectivity index (χ1n) is 7.69. The molecule has 2 rings (SSSR count). The Hall–Kier alpha value is -3.68. The average molecular weight is 353 g/mol. The number of carbonyl (C=O) groups excluding carboxylic acids is 2. The van der Waals surface area contributed by atoms with Gasteiger partial charge in [0, 0.05) is 12.6 Å². The zero-order valence-corrected chi connectivity index (χ0v) is 14.4. The minimum Gasteiger partial charge on any atom is -0.426 e. The van der Waals surface area contributed by atoms with Gasteiger partial charge in [-0.25, -0.2) is 0 Å². The zero-order valence-electron chi connectivity index (χ0n) is 14.4. The number of amides is 1. The molecule has 0 aliphatic rings. The topological polar surface area (TPSA) is 132 Å². The van der Waals surface area contributed by atoms with Crippen LogP contribution >= 0.6 is 0 Å². The van der Waals surface area contributed by atoms with Crippen LogP contribution in [-0.2, 0) is 4.79 Å². The van der Waals surface area contributed by atoms with E-state index in [1.807, 2.05) is 0 Å². The number of esters is 1. The van der Waals surface area contributed by atoms with Gasteiger partial charge in [-0.05, 0) is 36.8 Å². The molecule has 8 nitrogen and oxygen atoms in total. The van der Waals surface area contributed by atoms with Crippen molar-refractivity contribution >= 4 is 29.2 Å². The Morgan fingerprint density at radius 2 is 1.62 bits per heavy atom. The van der Waals surface area contributed by atoms with E-state index in [0.717, 1.165) is 5.56 Å². The van der Waals surface area contributed by atoms with Crippen molar-refractivity contribution in [2.24, 2.45) is 21.7 Å². The van der Waals surface area contributed by atoms with Crippen LogP contribution in [0.3, 0.4) is 0 Å². The molecule has 0 saturated carbocycles. The molecule has 0 fully saturated rings. The van der Waals surface area contributed by atoms with Crippen LogP contribution < -0.4 is 21.5 Å². The summed E-state index contributed by atoms with van der Waals surface area (Å²) in [4.78, 5) is 23.6. The second-order valence-electron chi connectivity index (χ2n) is 5.33. The fraction of sp³-hybridized carbons (Fsp3) is 0.111. The molecule has 2 aromatic rings. The maximum Gasteiger partial charge on any atom is 0.308 e. The van der Waals surface area contributed by atoms with Gasteiger partial charge in [0.05, 0.1) is 11.3 Å². The number of hydrogen-bond acceptors (Lipinski definition) is 5. The number of nitrogens with two attached hydrogens (primary N) is 2. The first kappa shape index (κ1) is 18.7. The number of carbonyl (C=O) groups is 2. The highest BCUT2D eigenvalue weighted by Crippen LogP contribution is 2.20. The van der Waals surface area contributed by atoms with Crippen LogP contribution in [0.25, 0.3) is 0 Å². The van der Waals surface area contributed by atoms with E-state index in [4.69, 9.17) is 16.2 Å². The number of nitrogens with zero attached hydrogens (tertiary/aromatic N) is 2. The average Bonchev–Trinajstić information content (AvgIpc) is 2.60. The van der Waals surface area contributed by atoms with Crippen LogP contribution in [-0.4, -0.2) is 23.5 Å². The molecule has 0 bridgehead atoms. The number of para-hydroxylation sites is 1. The molecule has 0 heterocycles. The van der Waals surface area contributed by atoms with E-state index in [2.05, 4.69) is 15.5 Å². The van der Waals surface area contributed by atoms with E-state index in [-0.39, 0.29) is 23.2 Å². The molecule has 0 aliphatic carbocycles. The molecule has 0 saturated heterocycles. The Kier molecular flexibility index (Phi) is 6.05. The second-order valence-corrected chi connectivity index (χ2v) is 5.33. The first-order valence-corrected chi connectivity index (χ1v) is 7.69. The van der Waals surface area contributed by atoms with Crippen LogP contribution in [0.15, 0.2) is 58.7 Å². The highest BCUT2D eigenvalue weighted by Gasteiger charge is 2.13. The number of ether oxygens (including phenoxy) is 1. The van der Waals surface area contributed by atoms with E-state index in [1.54, 1.807) is 55.5 Å². The molecule has 0 aromatic heterocycles. The number of hydrogen-bond donors (Lipinski definition) is 3. The van der Waals surface area contributed by atoms with Gasteiger partial charge in [-0.1, -0.05) is 24.3 Å². The summed E-state index contributed by atoms with van der Waals surface area (Å²) >= 11 is 0. The van der Waals surface area contributed by atoms with Gasteiger partial charge in [0.25, 0.3) is 5.91 Å². The van der Waals surface area contributed by atoms with Crippen LogP contribution in [0.1, 0.15) is 29.8 Å². The van der Waals surface area contributed by atoms with E-state index < -0.39 is 5.97 Å². The smallest absolute Gasteiger partial charge is 0.308 e. The zero-order chi connectivity index (χ0) is 19.1. The van der Waals surface area contributed by atoms with Crippen LogP contribution in [0.2, 0.25) is 0 Å². The van der Waals surface area contributed by atoms with Gasteiger partial charge < -0.3 is 21.5 Å². The summed E-state index contributed by atoms with van der Waals surface area (Å²) in [6.07, 6.45) is 0. The molecule has 26 heavy (non-hydrogen) atoms. The first-order chi connectivity index (χ1) is 12.4. The predicted octanol–water partition coefficient (Wildman–Crippen LogP) is 1.86. The highest BCUT2D eigenvalue weighted by atomic mass is 16.5. The lowest BCUT2D eigenvalue weighted by Gasteiger charge is -2.10. The maximum atomic E-state index is 12.4. The second kappa shape index (κ2) is 8.43. The molecule has 0 atom stereocenters. The lowest BCUT2D eigenvalue weighted by molar-refractivity contribution is -0.131. The van der Waals surface area contributed by atoms with E-state index >= 15 is 0 Å². The monoisotopic (exact) mass is 353 g/mol. The molecule has 0 spiro atoms. The van der Waals surface area contributed by atoms with Gasteiger partial charge in [-0.3, -0.25) is 9.59 Å². The number of benzene rings is 2. The van der Waals surface area contributed by atoms with Crippen molar-refractivity contribution in [3.05, 3.63) is 59.7 Å². The van der Waals surface area contributed by atoms with E-state index in [1.165, 1.54) is 6.92 Å². The summed E-state index contributed by atoms with van der Waals surface area (Å²) < 4.78 is 5.05. The Bertz CT molecular complexity index is 869. The third kappa shape index (κ3) is 5.17. The molecule has 1 amide bonds. The summed E-state index contributed by atoms with van der Waals surface area (Å²) in [5.74, 6) is -0.806. The predicted molar refractivity (Wildman–Crippen MR) is 100 cm³/mol. The number of guanidine groups is 1. The summed E-state index contributed by atoms with van der Waals surface area (Å²) in [6, 6.07) is 13.5. The Morgan fingerprint density at radius 1 is 0.962 bits per heavy atom. The van der Waals surface area contributed by atoms with Crippen molar-refractivity contribution in [3.63, 3.8) is 0 Å². The quantitative estimate of drug-likeness (QED) is 0.248. The van der Waals surface area contributed by atoms with Gasteiger partial charge in [0.15, 0.2) is 0 Å². The molecule has 8 heteroatoms. The summed E-state index contributed by atoms with van der Waals surface area (Å²) in [5, 5.41) is 10.2. The molecular formula is C18H19N5O3. The summed E-state index contributed by atoms with van der Waals surface area (Å²) in [7, 11) is 0. The largest absolute Gasteiger partial charge is 0.426 e. The van der Waals surface area contributed by atoms with Crippen molar-refractivity contribution in [1.29, 1.82) is 0 Å². The minimum atomic E-state index is -0.495. The Balaban J connectivity index is 2.15. The fourth-order valence-corrected chi connectivity index (χ4v) is 2.08. The van der Waals surface area contributed by atoms with E-state index in [9.17, 15) is 9.59 Å². The van der Waals surface area contributed by atoms with Gasteiger partial charge in [0.2, 0.25) is 5.96 Å². The van der Waals surface area contributed by atoms with Gasteiger partial charge in [0.1, 0.15) is 5.75 Å². The van der Waals surface area contributed by atoms with Crippen molar-refractivity contribution < 1.29 is 14.3 Å². The van der Waals surface area contributed by atoms with E-state index in [0.29, 0.717) is 11.4 Å². The summed E-state index contributed by atoms with van der Waals surface area (Å²) in [6.45, 7) is 3.04. The third-order valence-corrected chi connectivity index (χ3v) is 3.26. The SMILES string of the molecule is CC(=O)Oc1ccccc1C(=O)Nc1ccc(/C(C)=N/N=C(N)N)cc1. The molecule has 5 N–H and O–H groups in total. The van der Waals surface area contributed by atoms with Crippen LogP contribution in [0.5, 0.6) is 5.75 Å². The molecule has 0 radical (unpaired) electrons. The number of anilines is 1. The van der Waals surface area contributed by atoms with Crippen molar-refractivity contribution in [3.8, 4) is 5.75 Å². The van der Waals surface area contributed by atoms with Crippen molar-refractivity contribution in [1.82, 2.24) is 0 Å². The van der Waals surface area contributed by atoms with Crippen LogP contribution in [0, 0.1) is 0 Å². The normalized spacial score (nSPS) is 10.8.